The molecule has 162 valence electrons. The topological polar surface area (TPSA) is 70.6 Å². The average Bonchev–Trinajstić information content (AvgIpc) is 3.11. The maximum Gasteiger partial charge on any atom is 0.273 e. The summed E-state index contributed by atoms with van der Waals surface area (Å²) < 4.78 is 40.2. The number of amides is 1. The van der Waals surface area contributed by atoms with E-state index in [1.54, 1.807) is 22.4 Å². The van der Waals surface area contributed by atoms with Gasteiger partial charge in [0.05, 0.1) is 4.90 Å². The molecule has 1 saturated heterocycles. The molecule has 0 N–H and O–H groups in total. The third kappa shape index (κ3) is 4.79. The van der Waals surface area contributed by atoms with Crippen molar-refractivity contribution in [2.75, 3.05) is 26.2 Å². The van der Waals surface area contributed by atoms with E-state index in [2.05, 4.69) is 4.98 Å². The van der Waals surface area contributed by atoms with Crippen LogP contribution >= 0.6 is 22.9 Å². The van der Waals surface area contributed by atoms with Crippen LogP contribution in [0, 0.1) is 5.82 Å². The lowest BCUT2D eigenvalue weighted by molar-refractivity contribution is 0.0759. The van der Waals surface area contributed by atoms with Crippen molar-refractivity contribution in [3.8, 4) is 10.6 Å². The van der Waals surface area contributed by atoms with Gasteiger partial charge in [0.2, 0.25) is 10.0 Å². The van der Waals surface area contributed by atoms with Gasteiger partial charge in [-0.25, -0.2) is 17.8 Å². The fourth-order valence-corrected chi connectivity index (χ4v) is 5.83. The van der Waals surface area contributed by atoms with E-state index in [0.717, 1.165) is 17.7 Å². The molecule has 31 heavy (non-hydrogen) atoms. The fraction of sp³-hybridized carbons (Fsp3) is 0.238. The molecule has 0 aliphatic carbocycles. The monoisotopic (exact) mass is 479 g/mol. The number of sulfonamides is 1. The lowest BCUT2D eigenvalue weighted by atomic mass is 10.2. The number of thiazole rings is 1. The lowest BCUT2D eigenvalue weighted by Gasteiger charge is -2.21. The van der Waals surface area contributed by atoms with Crippen molar-refractivity contribution < 1.29 is 17.6 Å². The molecule has 4 rings (SSSR count). The minimum absolute atomic E-state index is 0.0411. The van der Waals surface area contributed by atoms with Crippen LogP contribution < -0.4 is 0 Å². The van der Waals surface area contributed by atoms with Gasteiger partial charge < -0.3 is 4.90 Å². The van der Waals surface area contributed by atoms with E-state index in [4.69, 9.17) is 11.6 Å². The number of hydrogen-bond acceptors (Lipinski definition) is 5. The summed E-state index contributed by atoms with van der Waals surface area (Å²) in [6, 6.07) is 12.0. The second-order valence-corrected chi connectivity index (χ2v) is 10.3. The smallest absolute Gasteiger partial charge is 0.273 e. The number of carbonyl (C=O) groups excluding carboxylic acids is 1. The Bertz CT molecular complexity index is 1200. The van der Waals surface area contributed by atoms with E-state index >= 15 is 0 Å². The quantitative estimate of drug-likeness (QED) is 0.564. The molecule has 0 bridgehead atoms. The zero-order valence-corrected chi connectivity index (χ0v) is 18.8. The Morgan fingerprint density at radius 1 is 1.06 bits per heavy atom. The van der Waals surface area contributed by atoms with Gasteiger partial charge >= 0.3 is 0 Å². The van der Waals surface area contributed by atoms with Crippen LogP contribution in [0.1, 0.15) is 16.9 Å². The van der Waals surface area contributed by atoms with E-state index in [1.165, 1.54) is 27.8 Å². The molecule has 0 unspecified atom stereocenters. The third-order valence-corrected chi connectivity index (χ3v) is 8.03. The average molecular weight is 480 g/mol. The number of rotatable bonds is 4. The Morgan fingerprint density at radius 3 is 2.58 bits per heavy atom. The first-order valence-electron chi connectivity index (χ1n) is 9.61. The number of benzene rings is 2. The lowest BCUT2D eigenvalue weighted by Crippen LogP contribution is -2.37. The maximum atomic E-state index is 13.1. The Balaban J connectivity index is 1.46. The highest BCUT2D eigenvalue weighted by atomic mass is 35.5. The predicted molar refractivity (Wildman–Crippen MR) is 118 cm³/mol. The highest BCUT2D eigenvalue weighted by molar-refractivity contribution is 7.89. The molecule has 2 aromatic carbocycles. The molecule has 0 spiro atoms. The summed E-state index contributed by atoms with van der Waals surface area (Å²) in [5.41, 5.74) is 1.17. The van der Waals surface area contributed by atoms with Crippen LogP contribution in [0.3, 0.4) is 0 Å². The largest absolute Gasteiger partial charge is 0.336 e. The number of hydrogen-bond donors (Lipinski definition) is 0. The number of aromatic nitrogens is 1. The van der Waals surface area contributed by atoms with Crippen LogP contribution in [-0.2, 0) is 10.0 Å². The van der Waals surface area contributed by atoms with Crippen LogP contribution in [0.5, 0.6) is 0 Å². The molecule has 10 heteroatoms. The third-order valence-electron chi connectivity index (χ3n) is 4.99. The van der Waals surface area contributed by atoms with Gasteiger partial charge in [0.15, 0.2) is 0 Å². The maximum absolute atomic E-state index is 13.1. The molecule has 1 fully saturated rings. The minimum Gasteiger partial charge on any atom is -0.336 e. The molecule has 2 heterocycles. The first kappa shape index (κ1) is 21.9. The summed E-state index contributed by atoms with van der Waals surface area (Å²) in [5.74, 6) is -0.724. The molecule has 0 saturated carbocycles. The number of halogens is 2. The van der Waals surface area contributed by atoms with Gasteiger partial charge in [-0.15, -0.1) is 11.3 Å². The second kappa shape index (κ2) is 9.04. The van der Waals surface area contributed by atoms with Crippen molar-refractivity contribution in [3.63, 3.8) is 0 Å². The molecule has 3 aromatic rings. The summed E-state index contributed by atoms with van der Waals surface area (Å²) in [5, 5.41) is 2.99. The van der Waals surface area contributed by atoms with Crippen LogP contribution in [0.15, 0.2) is 58.8 Å². The molecule has 1 aliphatic rings. The van der Waals surface area contributed by atoms with Crippen molar-refractivity contribution >= 4 is 38.9 Å². The van der Waals surface area contributed by atoms with Gasteiger partial charge in [0.1, 0.15) is 16.5 Å². The SMILES string of the molecule is O=C(c1csc(-c2cccc(Cl)c2)n1)N1CCCN(S(=O)(=O)c2ccc(F)cc2)CC1. The summed E-state index contributed by atoms with van der Waals surface area (Å²) in [6.45, 7) is 1.13. The number of nitrogens with zero attached hydrogens (tertiary/aromatic N) is 3. The van der Waals surface area contributed by atoms with E-state index in [-0.39, 0.29) is 30.4 Å². The molecule has 0 radical (unpaired) electrons. The highest BCUT2D eigenvalue weighted by Crippen LogP contribution is 2.27. The zero-order chi connectivity index (χ0) is 22.0. The van der Waals surface area contributed by atoms with Gasteiger partial charge in [-0.1, -0.05) is 23.7 Å². The highest BCUT2D eigenvalue weighted by Gasteiger charge is 2.29. The van der Waals surface area contributed by atoms with Gasteiger partial charge in [-0.05, 0) is 42.8 Å². The Morgan fingerprint density at radius 2 is 1.84 bits per heavy atom. The van der Waals surface area contributed by atoms with Gasteiger partial charge in [0.25, 0.3) is 5.91 Å². The van der Waals surface area contributed by atoms with Gasteiger partial charge in [-0.2, -0.15) is 4.31 Å². The van der Waals surface area contributed by atoms with Gasteiger partial charge in [0, 0.05) is 42.1 Å². The molecule has 0 atom stereocenters. The summed E-state index contributed by atoms with van der Waals surface area (Å²) >= 11 is 7.39. The van der Waals surface area contributed by atoms with Crippen LogP contribution in [0.2, 0.25) is 5.02 Å². The minimum atomic E-state index is -3.75. The van der Waals surface area contributed by atoms with Crippen molar-refractivity contribution in [3.05, 3.63) is 70.4 Å². The fourth-order valence-electron chi connectivity index (χ4n) is 3.38. The van der Waals surface area contributed by atoms with E-state index in [0.29, 0.717) is 28.7 Å². The molecule has 1 aromatic heterocycles. The van der Waals surface area contributed by atoms with Crippen LogP contribution in [0.4, 0.5) is 4.39 Å². The van der Waals surface area contributed by atoms with Crippen LogP contribution in [-0.4, -0.2) is 54.7 Å². The summed E-state index contributed by atoms with van der Waals surface area (Å²) in [4.78, 5) is 19.1. The van der Waals surface area contributed by atoms with E-state index < -0.39 is 15.8 Å². The Hall–Kier alpha value is -2.33. The first-order chi connectivity index (χ1) is 14.8. The molecule has 6 nitrogen and oxygen atoms in total. The number of carbonyl (C=O) groups is 1. The molecular weight excluding hydrogens is 461 g/mol. The summed E-state index contributed by atoms with van der Waals surface area (Å²) in [6.07, 6.45) is 0.497. The van der Waals surface area contributed by atoms with Crippen molar-refractivity contribution in [1.82, 2.24) is 14.2 Å². The molecular formula is C21H19ClFN3O3S2. The summed E-state index contributed by atoms with van der Waals surface area (Å²) in [7, 11) is -3.75. The van der Waals surface area contributed by atoms with Gasteiger partial charge in [-0.3, -0.25) is 4.79 Å². The van der Waals surface area contributed by atoms with Crippen LogP contribution in [0.25, 0.3) is 10.6 Å². The zero-order valence-electron chi connectivity index (χ0n) is 16.4. The standard InChI is InChI=1S/C21H19ClFN3O3S2/c22-16-4-1-3-15(13-16)20-24-19(14-30-20)21(27)25-9-2-10-26(12-11-25)31(28,29)18-7-5-17(23)6-8-18/h1,3-8,13-14H,2,9-12H2. The van der Waals surface area contributed by atoms with Crippen molar-refractivity contribution in [2.45, 2.75) is 11.3 Å². The molecule has 1 amide bonds. The Kier molecular flexibility index (Phi) is 6.38. The second-order valence-electron chi connectivity index (χ2n) is 7.05. The first-order valence-corrected chi connectivity index (χ1v) is 12.3. The predicted octanol–water partition coefficient (Wildman–Crippen LogP) is 4.14. The molecule has 1 aliphatic heterocycles. The normalized spacial score (nSPS) is 15.6. The Labute approximate surface area is 189 Å². The van der Waals surface area contributed by atoms with Crippen molar-refractivity contribution in [1.29, 1.82) is 0 Å². The van der Waals surface area contributed by atoms with Crippen molar-refractivity contribution in [2.24, 2.45) is 0 Å². The van der Waals surface area contributed by atoms with E-state index in [9.17, 15) is 17.6 Å². The van der Waals surface area contributed by atoms with E-state index in [1.807, 2.05) is 12.1 Å².